The number of nitrogens with zero attached hydrogens (tertiary/aromatic N) is 1. The summed E-state index contributed by atoms with van der Waals surface area (Å²) in [4.78, 5) is 29.1. The first kappa shape index (κ1) is 33.2. The highest BCUT2D eigenvalue weighted by Gasteiger charge is 2.32. The first-order valence-corrected chi connectivity index (χ1v) is 16.5. The number of carbonyl (C=O) groups excluding carboxylic acids is 2. The molecule has 0 aromatic heterocycles. The van der Waals surface area contributed by atoms with Crippen molar-refractivity contribution in [2.45, 2.75) is 24.0 Å². The molecule has 0 unspecified atom stereocenters. The molecular weight excluding hydrogens is 641 g/mol. The number of amides is 2. The second-order valence-electron chi connectivity index (χ2n) is 10.5. The highest BCUT2D eigenvalue weighted by Crippen LogP contribution is 2.26. The van der Waals surface area contributed by atoms with Gasteiger partial charge in [-0.15, -0.1) is 0 Å². The van der Waals surface area contributed by atoms with Gasteiger partial charge in [-0.1, -0.05) is 84.4 Å². The van der Waals surface area contributed by atoms with Gasteiger partial charge in [0.05, 0.1) is 4.90 Å². The van der Waals surface area contributed by atoms with Crippen LogP contribution in [0, 0.1) is 5.82 Å². The van der Waals surface area contributed by atoms with E-state index in [2.05, 4.69) is 10.0 Å². The molecular formula is C36H31ClFN3O5S. The Balaban J connectivity index is 1.35. The van der Waals surface area contributed by atoms with E-state index in [4.69, 9.17) is 16.3 Å². The summed E-state index contributed by atoms with van der Waals surface area (Å²) in [6.45, 7) is -0.0690. The molecule has 5 aromatic rings. The molecule has 0 aliphatic carbocycles. The van der Waals surface area contributed by atoms with E-state index in [9.17, 15) is 22.4 Å². The molecule has 5 rings (SSSR count). The zero-order valence-electron chi connectivity index (χ0n) is 25.1. The predicted octanol–water partition coefficient (Wildman–Crippen LogP) is 6.75. The molecule has 0 aliphatic rings. The lowest BCUT2D eigenvalue weighted by molar-refractivity contribution is -0.143. The molecule has 8 nitrogen and oxygen atoms in total. The fraction of sp³-hybridized carbons (Fsp3) is 0.111. The predicted molar refractivity (Wildman–Crippen MR) is 179 cm³/mol. The lowest BCUT2D eigenvalue weighted by Gasteiger charge is -2.31. The van der Waals surface area contributed by atoms with Gasteiger partial charge in [0.2, 0.25) is 5.91 Å². The van der Waals surface area contributed by atoms with Gasteiger partial charge in [-0.25, -0.2) is 12.8 Å². The van der Waals surface area contributed by atoms with E-state index in [0.717, 1.165) is 23.3 Å². The lowest BCUT2D eigenvalue weighted by Crippen LogP contribution is -2.45. The Labute approximate surface area is 277 Å². The lowest BCUT2D eigenvalue weighted by atomic mass is 10.0. The number of hydrogen-bond donors (Lipinski definition) is 2. The quantitative estimate of drug-likeness (QED) is 0.144. The fourth-order valence-corrected chi connectivity index (χ4v) is 5.96. The number of hydrogen-bond acceptors (Lipinski definition) is 5. The Hall–Kier alpha value is -5.19. The Morgan fingerprint density at radius 1 is 0.766 bits per heavy atom. The maximum atomic E-state index is 13.9. The average Bonchev–Trinajstić information content (AvgIpc) is 3.09. The van der Waals surface area contributed by atoms with E-state index in [1.54, 1.807) is 48.5 Å². The SMILES string of the molecule is O=C(NCc1ccccc1)[C@@H](c1ccccc1)N(Cc1ccc(Cl)cc1)C(=O)COc1ccc(S(=O)(=O)Nc2ccc(F)cc2)cc1. The van der Waals surface area contributed by atoms with Crippen LogP contribution in [0.4, 0.5) is 10.1 Å². The van der Waals surface area contributed by atoms with Gasteiger partial charge in [-0.3, -0.25) is 14.3 Å². The van der Waals surface area contributed by atoms with Gasteiger partial charge < -0.3 is 15.0 Å². The monoisotopic (exact) mass is 671 g/mol. The van der Waals surface area contributed by atoms with Crippen LogP contribution in [-0.2, 0) is 32.7 Å². The highest BCUT2D eigenvalue weighted by molar-refractivity contribution is 7.92. The maximum Gasteiger partial charge on any atom is 0.261 e. The zero-order valence-corrected chi connectivity index (χ0v) is 26.6. The van der Waals surface area contributed by atoms with Crippen LogP contribution in [-0.4, -0.2) is 31.7 Å². The summed E-state index contributed by atoms with van der Waals surface area (Å²) in [6.07, 6.45) is 0. The van der Waals surface area contributed by atoms with Crippen molar-refractivity contribution in [2.75, 3.05) is 11.3 Å². The summed E-state index contributed by atoms with van der Waals surface area (Å²) in [5, 5.41) is 3.50. The van der Waals surface area contributed by atoms with E-state index in [0.29, 0.717) is 10.6 Å². The van der Waals surface area contributed by atoms with Crippen LogP contribution in [0.15, 0.2) is 138 Å². The fourth-order valence-electron chi connectivity index (χ4n) is 4.77. The normalized spacial score (nSPS) is 11.7. The largest absolute Gasteiger partial charge is 0.484 e. The Morgan fingerprint density at radius 3 is 2.02 bits per heavy atom. The van der Waals surface area contributed by atoms with Crippen LogP contribution >= 0.6 is 11.6 Å². The Morgan fingerprint density at radius 2 is 1.38 bits per heavy atom. The molecule has 0 fully saturated rings. The van der Waals surface area contributed by atoms with Crippen LogP contribution in [0.2, 0.25) is 5.02 Å². The number of anilines is 1. The first-order chi connectivity index (χ1) is 22.7. The maximum absolute atomic E-state index is 13.9. The highest BCUT2D eigenvalue weighted by atomic mass is 35.5. The third-order valence-electron chi connectivity index (χ3n) is 7.16. The molecule has 2 N–H and O–H groups in total. The summed E-state index contributed by atoms with van der Waals surface area (Å²) < 4.78 is 47.0. The van der Waals surface area contributed by atoms with E-state index in [-0.39, 0.29) is 35.3 Å². The number of halogens is 2. The smallest absolute Gasteiger partial charge is 0.261 e. The van der Waals surface area contributed by atoms with Gasteiger partial charge in [0.25, 0.3) is 15.9 Å². The third kappa shape index (κ3) is 9.18. The standard InChI is InChI=1S/C36H31ClFN3O5S/c37-29-13-11-27(12-14-29)24-41(35(28-9-5-2-6-10-28)36(43)39-23-26-7-3-1-4-8-26)34(42)25-46-32-19-21-33(22-20-32)47(44,45)40-31-17-15-30(38)16-18-31/h1-22,35,40H,23-25H2,(H,39,43)/t35-/m1/s1. The molecule has 0 saturated carbocycles. The number of sulfonamides is 1. The molecule has 47 heavy (non-hydrogen) atoms. The Bertz CT molecular complexity index is 1890. The Kier molecular flexibility index (Phi) is 10.9. The zero-order chi connectivity index (χ0) is 33.2. The summed E-state index contributed by atoms with van der Waals surface area (Å²) in [7, 11) is -3.96. The van der Waals surface area contributed by atoms with Crippen molar-refractivity contribution in [3.8, 4) is 5.75 Å². The average molecular weight is 672 g/mol. The van der Waals surface area contributed by atoms with E-state index in [1.807, 2.05) is 36.4 Å². The van der Waals surface area contributed by atoms with Gasteiger partial charge in [-0.05, 0) is 77.4 Å². The van der Waals surface area contributed by atoms with Gasteiger partial charge in [0, 0.05) is 23.8 Å². The van der Waals surface area contributed by atoms with E-state index < -0.39 is 34.4 Å². The van der Waals surface area contributed by atoms with Gasteiger partial charge in [-0.2, -0.15) is 0 Å². The minimum Gasteiger partial charge on any atom is -0.484 e. The summed E-state index contributed by atoms with van der Waals surface area (Å²) in [6, 6.07) is 34.9. The summed E-state index contributed by atoms with van der Waals surface area (Å²) in [5.41, 5.74) is 2.48. The van der Waals surface area contributed by atoms with Crippen molar-refractivity contribution in [1.29, 1.82) is 0 Å². The molecule has 11 heteroatoms. The van der Waals surface area contributed by atoms with Crippen molar-refractivity contribution in [2.24, 2.45) is 0 Å². The molecule has 0 heterocycles. The third-order valence-corrected chi connectivity index (χ3v) is 8.81. The van der Waals surface area contributed by atoms with E-state index in [1.165, 1.54) is 41.3 Å². The van der Waals surface area contributed by atoms with Crippen molar-refractivity contribution in [3.05, 3.63) is 161 Å². The number of rotatable bonds is 13. The van der Waals surface area contributed by atoms with Gasteiger partial charge in [0.15, 0.2) is 6.61 Å². The molecule has 0 aliphatic heterocycles. The molecule has 0 bridgehead atoms. The van der Waals surface area contributed by atoms with Crippen LogP contribution in [0.3, 0.4) is 0 Å². The summed E-state index contributed by atoms with van der Waals surface area (Å²) >= 11 is 6.10. The molecule has 0 radical (unpaired) electrons. The van der Waals surface area contributed by atoms with Crippen molar-refractivity contribution < 1.29 is 27.1 Å². The molecule has 1 atom stereocenters. The molecule has 2 amide bonds. The van der Waals surface area contributed by atoms with Crippen LogP contribution < -0.4 is 14.8 Å². The van der Waals surface area contributed by atoms with Crippen LogP contribution in [0.5, 0.6) is 5.75 Å². The summed E-state index contributed by atoms with van der Waals surface area (Å²) in [5.74, 6) is -1.09. The van der Waals surface area contributed by atoms with E-state index >= 15 is 0 Å². The van der Waals surface area contributed by atoms with Crippen molar-refractivity contribution in [1.82, 2.24) is 10.2 Å². The number of ether oxygens (including phenoxy) is 1. The first-order valence-electron chi connectivity index (χ1n) is 14.6. The number of benzene rings is 5. The topological polar surface area (TPSA) is 105 Å². The van der Waals surface area contributed by atoms with Crippen molar-refractivity contribution >= 4 is 39.1 Å². The molecule has 5 aromatic carbocycles. The molecule has 240 valence electrons. The molecule has 0 saturated heterocycles. The van der Waals surface area contributed by atoms with Crippen LogP contribution in [0.1, 0.15) is 22.7 Å². The minimum absolute atomic E-state index is 0.0518. The van der Waals surface area contributed by atoms with Gasteiger partial charge >= 0.3 is 0 Å². The minimum atomic E-state index is -3.96. The van der Waals surface area contributed by atoms with Crippen molar-refractivity contribution in [3.63, 3.8) is 0 Å². The van der Waals surface area contributed by atoms with Gasteiger partial charge in [0.1, 0.15) is 17.6 Å². The number of carbonyl (C=O) groups is 2. The second kappa shape index (κ2) is 15.4. The number of nitrogens with one attached hydrogen (secondary N) is 2. The van der Waals surface area contributed by atoms with Crippen LogP contribution in [0.25, 0.3) is 0 Å². The molecule has 0 spiro atoms. The second-order valence-corrected chi connectivity index (χ2v) is 12.7.